The quantitative estimate of drug-likeness (QED) is 0.910. The third-order valence-corrected chi connectivity index (χ3v) is 3.01. The number of para-hydroxylation sites is 1. The van der Waals surface area contributed by atoms with E-state index in [1.54, 1.807) is 19.1 Å². The summed E-state index contributed by atoms with van der Waals surface area (Å²) in [7, 11) is 0. The number of hydrogen-bond donors (Lipinski definition) is 2. The maximum atomic E-state index is 13.7. The summed E-state index contributed by atoms with van der Waals surface area (Å²) in [5.41, 5.74) is 0.945. The van der Waals surface area contributed by atoms with Gasteiger partial charge in [-0.15, -0.1) is 0 Å². The Balaban J connectivity index is 2.29. The Morgan fingerprint density at radius 3 is 2.48 bits per heavy atom. The van der Waals surface area contributed by atoms with Crippen LogP contribution < -0.4 is 5.32 Å². The van der Waals surface area contributed by atoms with Crippen molar-refractivity contribution in [1.29, 1.82) is 0 Å². The molecule has 1 aromatic heterocycles. The van der Waals surface area contributed by atoms with Gasteiger partial charge in [-0.05, 0) is 37.6 Å². The Kier molecular flexibility index (Phi) is 3.98. The van der Waals surface area contributed by atoms with Crippen LogP contribution in [-0.4, -0.2) is 22.0 Å². The van der Waals surface area contributed by atoms with E-state index in [1.807, 2.05) is 0 Å². The smallest absolute Gasteiger partial charge is 0.337 e. The van der Waals surface area contributed by atoms with Crippen LogP contribution in [0.2, 0.25) is 0 Å². The van der Waals surface area contributed by atoms with Crippen LogP contribution in [0.15, 0.2) is 30.3 Å². The molecule has 108 valence electrons. The molecule has 0 aliphatic rings. The normalized spacial score (nSPS) is 10.2. The molecule has 2 aromatic rings. The van der Waals surface area contributed by atoms with Gasteiger partial charge in [0.2, 0.25) is 0 Å². The van der Waals surface area contributed by atoms with E-state index in [1.165, 1.54) is 25.1 Å². The molecule has 0 atom stereocenters. The Morgan fingerprint density at radius 2 is 1.90 bits per heavy atom. The highest BCUT2D eigenvalue weighted by molar-refractivity contribution is 6.03. The average molecular weight is 288 g/mol. The summed E-state index contributed by atoms with van der Waals surface area (Å²) < 4.78 is 13.7. The van der Waals surface area contributed by atoms with E-state index in [-0.39, 0.29) is 22.6 Å². The van der Waals surface area contributed by atoms with Crippen molar-refractivity contribution in [2.75, 3.05) is 5.32 Å². The topological polar surface area (TPSA) is 79.3 Å². The molecule has 0 saturated carbocycles. The van der Waals surface area contributed by atoms with Gasteiger partial charge in [0.15, 0.2) is 0 Å². The summed E-state index contributed by atoms with van der Waals surface area (Å²) in [6, 6.07) is 7.06. The predicted octanol–water partition coefficient (Wildman–Crippen LogP) is 2.79. The van der Waals surface area contributed by atoms with E-state index >= 15 is 0 Å². The summed E-state index contributed by atoms with van der Waals surface area (Å²) in [5.74, 6) is -2.25. The molecule has 1 aromatic carbocycles. The van der Waals surface area contributed by atoms with Crippen molar-refractivity contribution < 1.29 is 19.1 Å². The molecule has 0 unspecified atom stereocenters. The zero-order chi connectivity index (χ0) is 15.6. The molecule has 0 spiro atoms. The number of carboxylic acids is 1. The molecular formula is C15H13FN2O3. The van der Waals surface area contributed by atoms with Gasteiger partial charge in [-0.1, -0.05) is 12.1 Å². The van der Waals surface area contributed by atoms with E-state index in [0.29, 0.717) is 5.56 Å². The Morgan fingerprint density at radius 1 is 1.19 bits per heavy atom. The highest BCUT2D eigenvalue weighted by atomic mass is 19.1. The zero-order valence-corrected chi connectivity index (χ0v) is 11.5. The average Bonchev–Trinajstić information content (AvgIpc) is 2.42. The predicted molar refractivity (Wildman–Crippen MR) is 75.0 cm³/mol. The fourth-order valence-electron chi connectivity index (χ4n) is 1.88. The van der Waals surface area contributed by atoms with Gasteiger partial charge in [0.25, 0.3) is 5.91 Å². The third-order valence-electron chi connectivity index (χ3n) is 3.01. The maximum absolute atomic E-state index is 13.7. The monoisotopic (exact) mass is 288 g/mol. The van der Waals surface area contributed by atoms with Crippen LogP contribution >= 0.6 is 0 Å². The fourth-order valence-corrected chi connectivity index (χ4v) is 1.88. The lowest BCUT2D eigenvalue weighted by Gasteiger charge is -2.09. The largest absolute Gasteiger partial charge is 0.478 e. The van der Waals surface area contributed by atoms with Crippen molar-refractivity contribution in [3.05, 3.63) is 58.7 Å². The van der Waals surface area contributed by atoms with Gasteiger partial charge in [-0.3, -0.25) is 4.79 Å². The standard InChI is InChI=1S/C15H13FN2O3/c1-8-4-3-5-11(16)13(8)18-14(19)12-7-6-10(15(20)21)9(2)17-12/h3-7H,1-2H3,(H,18,19)(H,20,21). The van der Waals surface area contributed by atoms with Gasteiger partial charge < -0.3 is 10.4 Å². The van der Waals surface area contributed by atoms with Crippen LogP contribution in [-0.2, 0) is 0 Å². The first-order chi connectivity index (χ1) is 9.90. The molecule has 0 bridgehead atoms. The molecule has 21 heavy (non-hydrogen) atoms. The van der Waals surface area contributed by atoms with Crippen molar-refractivity contribution >= 4 is 17.6 Å². The van der Waals surface area contributed by atoms with Crippen molar-refractivity contribution in [3.63, 3.8) is 0 Å². The molecule has 1 heterocycles. The lowest BCUT2D eigenvalue weighted by atomic mass is 10.1. The molecule has 6 heteroatoms. The Bertz CT molecular complexity index is 709. The number of aromatic carboxylic acids is 1. The van der Waals surface area contributed by atoms with Crippen molar-refractivity contribution in [3.8, 4) is 0 Å². The van der Waals surface area contributed by atoms with Crippen LogP contribution in [0.5, 0.6) is 0 Å². The number of carbonyl (C=O) groups is 2. The molecule has 1 amide bonds. The highest BCUT2D eigenvalue weighted by Gasteiger charge is 2.15. The van der Waals surface area contributed by atoms with Crippen molar-refractivity contribution in [1.82, 2.24) is 4.98 Å². The minimum absolute atomic E-state index is 0.0219. The van der Waals surface area contributed by atoms with Gasteiger partial charge >= 0.3 is 5.97 Å². The summed E-state index contributed by atoms with van der Waals surface area (Å²) in [6.07, 6.45) is 0. The van der Waals surface area contributed by atoms with Crippen LogP contribution in [0.4, 0.5) is 10.1 Å². The van der Waals surface area contributed by atoms with Gasteiger partial charge in [-0.25, -0.2) is 14.2 Å². The first kappa shape index (κ1) is 14.6. The molecule has 0 aliphatic carbocycles. The second-order valence-corrected chi connectivity index (χ2v) is 4.52. The Hall–Kier alpha value is -2.76. The molecule has 0 fully saturated rings. The number of aromatic nitrogens is 1. The number of pyridine rings is 1. The number of carboxylic acid groups (broad SMARTS) is 1. The van der Waals surface area contributed by atoms with E-state index in [0.717, 1.165) is 0 Å². The third kappa shape index (κ3) is 3.05. The van der Waals surface area contributed by atoms with Gasteiger partial charge in [0.1, 0.15) is 11.5 Å². The van der Waals surface area contributed by atoms with Crippen LogP contribution in [0, 0.1) is 19.7 Å². The molecule has 2 rings (SSSR count). The zero-order valence-electron chi connectivity index (χ0n) is 11.5. The number of nitrogens with one attached hydrogen (secondary N) is 1. The first-order valence-corrected chi connectivity index (χ1v) is 6.17. The maximum Gasteiger partial charge on any atom is 0.337 e. The Labute approximate surface area is 120 Å². The van der Waals surface area contributed by atoms with Crippen LogP contribution in [0.3, 0.4) is 0 Å². The SMILES string of the molecule is Cc1cccc(F)c1NC(=O)c1ccc(C(=O)O)c(C)n1. The second kappa shape index (κ2) is 5.70. The fraction of sp³-hybridized carbons (Fsp3) is 0.133. The van der Waals surface area contributed by atoms with Gasteiger partial charge in [0, 0.05) is 0 Å². The molecule has 0 saturated heterocycles. The molecule has 0 aliphatic heterocycles. The van der Waals surface area contributed by atoms with E-state index in [9.17, 15) is 14.0 Å². The molecular weight excluding hydrogens is 275 g/mol. The summed E-state index contributed by atoms with van der Waals surface area (Å²) in [4.78, 5) is 26.9. The number of benzene rings is 1. The van der Waals surface area contributed by atoms with Crippen molar-refractivity contribution in [2.45, 2.75) is 13.8 Å². The summed E-state index contributed by atoms with van der Waals surface area (Å²) >= 11 is 0. The summed E-state index contributed by atoms with van der Waals surface area (Å²) in [6.45, 7) is 3.17. The number of aryl methyl sites for hydroxylation is 2. The first-order valence-electron chi connectivity index (χ1n) is 6.17. The molecule has 5 nitrogen and oxygen atoms in total. The second-order valence-electron chi connectivity index (χ2n) is 4.52. The van der Waals surface area contributed by atoms with E-state index in [4.69, 9.17) is 5.11 Å². The number of rotatable bonds is 3. The number of halogens is 1. The lowest BCUT2D eigenvalue weighted by molar-refractivity contribution is 0.0695. The number of anilines is 1. The molecule has 2 N–H and O–H groups in total. The molecule has 0 radical (unpaired) electrons. The minimum Gasteiger partial charge on any atom is -0.478 e. The van der Waals surface area contributed by atoms with Gasteiger partial charge in [-0.2, -0.15) is 0 Å². The summed E-state index contributed by atoms with van der Waals surface area (Å²) in [5, 5.41) is 11.4. The van der Waals surface area contributed by atoms with Crippen molar-refractivity contribution in [2.24, 2.45) is 0 Å². The number of nitrogens with zero attached hydrogens (tertiary/aromatic N) is 1. The van der Waals surface area contributed by atoms with E-state index < -0.39 is 17.7 Å². The van der Waals surface area contributed by atoms with Crippen LogP contribution in [0.1, 0.15) is 32.1 Å². The minimum atomic E-state index is -1.11. The van der Waals surface area contributed by atoms with Crippen LogP contribution in [0.25, 0.3) is 0 Å². The lowest BCUT2D eigenvalue weighted by Crippen LogP contribution is -2.17. The number of amides is 1. The highest BCUT2D eigenvalue weighted by Crippen LogP contribution is 2.19. The van der Waals surface area contributed by atoms with E-state index in [2.05, 4.69) is 10.3 Å². The number of hydrogen-bond acceptors (Lipinski definition) is 3. The van der Waals surface area contributed by atoms with Gasteiger partial charge in [0.05, 0.1) is 16.9 Å². The number of carbonyl (C=O) groups excluding carboxylic acids is 1.